The van der Waals surface area contributed by atoms with E-state index in [2.05, 4.69) is 20.7 Å². The van der Waals surface area contributed by atoms with Crippen LogP contribution in [-0.4, -0.2) is 29.3 Å². The molecule has 0 aliphatic heterocycles. The minimum atomic E-state index is -0.185. The second-order valence-corrected chi connectivity index (χ2v) is 6.37. The van der Waals surface area contributed by atoms with Gasteiger partial charge in [0.2, 0.25) is 0 Å². The first-order valence-electron chi connectivity index (χ1n) is 8.30. The first kappa shape index (κ1) is 16.5. The maximum atomic E-state index is 13.2. The number of hydrogen-bond acceptors (Lipinski definition) is 2. The first-order valence-corrected chi connectivity index (χ1v) is 8.30. The molecule has 24 heavy (non-hydrogen) atoms. The van der Waals surface area contributed by atoms with Crippen LogP contribution in [0.4, 0.5) is 4.39 Å². The third-order valence-electron chi connectivity index (χ3n) is 4.94. The Kier molecular flexibility index (Phi) is 4.83. The fourth-order valence-electron chi connectivity index (χ4n) is 3.20. The Morgan fingerprint density at radius 1 is 1.25 bits per heavy atom. The number of rotatable bonds is 5. The molecule has 2 N–H and O–H groups in total. The Morgan fingerprint density at radius 3 is 2.54 bits per heavy atom. The van der Waals surface area contributed by atoms with Gasteiger partial charge in [-0.05, 0) is 36.6 Å². The fourth-order valence-corrected chi connectivity index (χ4v) is 3.20. The summed E-state index contributed by atoms with van der Waals surface area (Å²) in [6.07, 6.45) is 5.22. The van der Waals surface area contributed by atoms with Gasteiger partial charge in [0, 0.05) is 32.3 Å². The summed E-state index contributed by atoms with van der Waals surface area (Å²) >= 11 is 0. The second-order valence-electron chi connectivity index (χ2n) is 6.37. The Balaban J connectivity index is 1.60. The third kappa shape index (κ3) is 3.42. The molecule has 6 heteroatoms. The Labute approximate surface area is 142 Å². The molecule has 0 amide bonds. The number of aliphatic imine (C=N–C) groups is 1. The maximum absolute atomic E-state index is 13.2. The molecule has 1 aliphatic rings. The van der Waals surface area contributed by atoms with Gasteiger partial charge in [-0.2, -0.15) is 5.10 Å². The zero-order chi connectivity index (χ0) is 17.0. The Hall–Kier alpha value is -2.37. The lowest BCUT2D eigenvalue weighted by Gasteiger charge is -2.43. The van der Waals surface area contributed by atoms with E-state index in [1.165, 1.54) is 12.0 Å². The lowest BCUT2D eigenvalue weighted by Crippen LogP contribution is -2.48. The number of guanidine groups is 1. The largest absolute Gasteiger partial charge is 0.356 e. The molecule has 1 fully saturated rings. The van der Waals surface area contributed by atoms with Gasteiger partial charge in [-0.1, -0.05) is 18.6 Å². The molecule has 0 radical (unpaired) electrons. The molecule has 0 atom stereocenters. The van der Waals surface area contributed by atoms with Crippen LogP contribution < -0.4 is 10.6 Å². The van der Waals surface area contributed by atoms with E-state index >= 15 is 0 Å². The van der Waals surface area contributed by atoms with E-state index in [-0.39, 0.29) is 11.2 Å². The van der Waals surface area contributed by atoms with Crippen LogP contribution >= 0.6 is 0 Å². The zero-order valence-electron chi connectivity index (χ0n) is 14.2. The average molecular weight is 329 g/mol. The molecule has 3 rings (SSSR count). The SMILES string of the molecule is CN=C(NCc1ccnn1C)NCC1(c2ccc(F)cc2)CCC1. The molecule has 0 unspecified atom stereocenters. The van der Waals surface area contributed by atoms with Crippen LogP contribution in [0.3, 0.4) is 0 Å². The van der Waals surface area contributed by atoms with Crippen LogP contribution in [0.2, 0.25) is 0 Å². The van der Waals surface area contributed by atoms with Gasteiger partial charge in [0.25, 0.3) is 0 Å². The number of halogens is 1. The minimum Gasteiger partial charge on any atom is -0.356 e. The molecule has 0 saturated heterocycles. The van der Waals surface area contributed by atoms with Crippen molar-refractivity contribution < 1.29 is 4.39 Å². The predicted molar refractivity (Wildman–Crippen MR) is 93.3 cm³/mol. The standard InChI is InChI=1S/C18H24FN5/c1-20-17(21-12-16-8-11-23-24(16)2)22-13-18(9-3-10-18)14-4-6-15(19)7-5-14/h4-8,11H,3,9-10,12-13H2,1-2H3,(H2,20,21,22). The molecule has 1 saturated carbocycles. The quantitative estimate of drug-likeness (QED) is 0.654. The van der Waals surface area contributed by atoms with E-state index in [0.29, 0.717) is 6.54 Å². The smallest absolute Gasteiger partial charge is 0.191 e. The van der Waals surface area contributed by atoms with Crippen molar-refractivity contribution in [2.24, 2.45) is 12.0 Å². The molecule has 1 aromatic heterocycles. The molecule has 2 aromatic rings. The van der Waals surface area contributed by atoms with Gasteiger partial charge in [-0.3, -0.25) is 9.67 Å². The summed E-state index contributed by atoms with van der Waals surface area (Å²) in [7, 11) is 3.69. The van der Waals surface area contributed by atoms with Gasteiger partial charge in [0.05, 0.1) is 12.2 Å². The topological polar surface area (TPSA) is 54.2 Å². The molecule has 1 aliphatic carbocycles. The molecular weight excluding hydrogens is 305 g/mol. The number of hydrogen-bond donors (Lipinski definition) is 2. The third-order valence-corrected chi connectivity index (χ3v) is 4.94. The van der Waals surface area contributed by atoms with Crippen molar-refractivity contribution in [3.05, 3.63) is 53.6 Å². The Bertz CT molecular complexity index is 700. The van der Waals surface area contributed by atoms with E-state index < -0.39 is 0 Å². The van der Waals surface area contributed by atoms with Crippen LogP contribution in [0.15, 0.2) is 41.5 Å². The highest BCUT2D eigenvalue weighted by molar-refractivity contribution is 5.79. The highest BCUT2D eigenvalue weighted by atomic mass is 19.1. The van der Waals surface area contributed by atoms with Crippen molar-refractivity contribution in [2.45, 2.75) is 31.2 Å². The van der Waals surface area contributed by atoms with Crippen molar-refractivity contribution in [2.75, 3.05) is 13.6 Å². The number of benzene rings is 1. The number of nitrogens with one attached hydrogen (secondary N) is 2. The summed E-state index contributed by atoms with van der Waals surface area (Å²) < 4.78 is 15.0. The first-order chi connectivity index (χ1) is 11.6. The van der Waals surface area contributed by atoms with Crippen molar-refractivity contribution in [3.63, 3.8) is 0 Å². The molecule has 0 bridgehead atoms. The monoisotopic (exact) mass is 329 g/mol. The molecule has 128 valence electrons. The van der Waals surface area contributed by atoms with Crippen LogP contribution in [0.1, 0.15) is 30.5 Å². The number of aromatic nitrogens is 2. The lowest BCUT2D eigenvalue weighted by atomic mass is 9.64. The highest BCUT2D eigenvalue weighted by Crippen LogP contribution is 2.43. The van der Waals surface area contributed by atoms with Gasteiger partial charge in [0.15, 0.2) is 5.96 Å². The van der Waals surface area contributed by atoms with E-state index in [0.717, 1.165) is 31.0 Å². The van der Waals surface area contributed by atoms with Gasteiger partial charge in [-0.25, -0.2) is 4.39 Å². The molecular formula is C18H24FN5. The average Bonchev–Trinajstić information content (AvgIpc) is 2.96. The van der Waals surface area contributed by atoms with Gasteiger partial charge >= 0.3 is 0 Å². The molecule has 5 nitrogen and oxygen atoms in total. The summed E-state index contributed by atoms with van der Waals surface area (Å²) in [4.78, 5) is 4.29. The van der Waals surface area contributed by atoms with Crippen molar-refractivity contribution in [1.82, 2.24) is 20.4 Å². The van der Waals surface area contributed by atoms with Crippen molar-refractivity contribution in [1.29, 1.82) is 0 Å². The zero-order valence-corrected chi connectivity index (χ0v) is 14.2. The van der Waals surface area contributed by atoms with Crippen molar-refractivity contribution >= 4 is 5.96 Å². The second kappa shape index (κ2) is 7.03. The number of nitrogens with zero attached hydrogens (tertiary/aromatic N) is 3. The summed E-state index contributed by atoms with van der Waals surface area (Å²) in [6.45, 7) is 1.46. The normalized spacial score (nSPS) is 16.5. The molecule has 1 heterocycles. The number of aryl methyl sites for hydroxylation is 1. The van der Waals surface area contributed by atoms with Gasteiger partial charge in [-0.15, -0.1) is 0 Å². The summed E-state index contributed by atoms with van der Waals surface area (Å²) in [5, 5.41) is 10.9. The lowest BCUT2D eigenvalue weighted by molar-refractivity contribution is 0.243. The van der Waals surface area contributed by atoms with Gasteiger partial charge < -0.3 is 10.6 Å². The van der Waals surface area contributed by atoms with Crippen molar-refractivity contribution in [3.8, 4) is 0 Å². The van der Waals surface area contributed by atoms with Crippen LogP contribution in [0.25, 0.3) is 0 Å². The van der Waals surface area contributed by atoms with E-state index in [1.807, 2.05) is 29.9 Å². The predicted octanol–water partition coefficient (Wildman–Crippen LogP) is 2.35. The highest BCUT2D eigenvalue weighted by Gasteiger charge is 2.38. The summed E-state index contributed by atoms with van der Waals surface area (Å²) in [5.74, 6) is 0.583. The fraction of sp³-hybridized carbons (Fsp3) is 0.444. The van der Waals surface area contributed by atoms with E-state index in [1.54, 1.807) is 25.4 Å². The summed E-state index contributed by atoms with van der Waals surface area (Å²) in [5.41, 5.74) is 2.37. The Morgan fingerprint density at radius 2 is 2.00 bits per heavy atom. The summed E-state index contributed by atoms with van der Waals surface area (Å²) in [6, 6.07) is 8.88. The minimum absolute atomic E-state index is 0.0812. The maximum Gasteiger partial charge on any atom is 0.191 e. The molecule has 1 aromatic carbocycles. The van der Waals surface area contributed by atoms with E-state index in [9.17, 15) is 4.39 Å². The van der Waals surface area contributed by atoms with E-state index in [4.69, 9.17) is 0 Å². The van der Waals surface area contributed by atoms with Crippen LogP contribution in [0.5, 0.6) is 0 Å². The van der Waals surface area contributed by atoms with Gasteiger partial charge in [0.1, 0.15) is 5.82 Å². The van der Waals surface area contributed by atoms with Crippen LogP contribution in [-0.2, 0) is 19.0 Å². The van der Waals surface area contributed by atoms with Crippen LogP contribution in [0, 0.1) is 5.82 Å². The molecule has 0 spiro atoms.